The number of piperidine rings is 1. The number of aromatic nitrogens is 1. The van der Waals surface area contributed by atoms with E-state index in [-0.39, 0.29) is 6.04 Å². The van der Waals surface area contributed by atoms with Crippen molar-refractivity contribution < 1.29 is 4.42 Å². The molecule has 4 rings (SSSR count). The van der Waals surface area contributed by atoms with Gasteiger partial charge in [0.15, 0.2) is 5.96 Å². The molecular weight excluding hydrogens is 388 g/mol. The molecule has 0 amide bonds. The minimum absolute atomic E-state index is 0.223. The van der Waals surface area contributed by atoms with Crippen molar-refractivity contribution in [1.82, 2.24) is 20.5 Å². The van der Waals surface area contributed by atoms with Crippen LogP contribution < -0.4 is 15.5 Å². The van der Waals surface area contributed by atoms with Crippen LogP contribution in [0.2, 0.25) is 0 Å². The molecule has 2 aromatic rings. The standard InChI is InChI=1S/C24H36N6O/c1-2-25-24(27-18-20-10-11-23(26-17-20)30-14-6-7-15-30)28-19-21(22-9-8-16-31-22)29-12-4-3-5-13-29/h8-11,16-17,21H,2-7,12-15,18-19H2,1H3,(H2,25,27,28). The predicted molar refractivity (Wildman–Crippen MR) is 125 cm³/mol. The number of furan rings is 1. The molecule has 2 fully saturated rings. The molecule has 1 atom stereocenters. The molecule has 7 heteroatoms. The van der Waals surface area contributed by atoms with E-state index < -0.39 is 0 Å². The summed E-state index contributed by atoms with van der Waals surface area (Å²) in [5.41, 5.74) is 1.12. The van der Waals surface area contributed by atoms with E-state index in [1.807, 2.05) is 12.3 Å². The van der Waals surface area contributed by atoms with Crippen molar-refractivity contribution in [3.05, 3.63) is 48.0 Å². The molecular formula is C24H36N6O. The lowest BCUT2D eigenvalue weighted by molar-refractivity contribution is 0.146. The van der Waals surface area contributed by atoms with Crippen LogP contribution in [-0.2, 0) is 6.54 Å². The first-order valence-corrected chi connectivity index (χ1v) is 11.8. The molecule has 4 heterocycles. The van der Waals surface area contributed by atoms with Crippen LogP contribution >= 0.6 is 0 Å². The summed E-state index contributed by atoms with van der Waals surface area (Å²) < 4.78 is 5.77. The molecule has 2 aliphatic heterocycles. The summed E-state index contributed by atoms with van der Waals surface area (Å²) in [6.45, 7) is 8.78. The van der Waals surface area contributed by atoms with Gasteiger partial charge in [0, 0.05) is 32.4 Å². The van der Waals surface area contributed by atoms with Gasteiger partial charge < -0.3 is 20.0 Å². The van der Waals surface area contributed by atoms with Crippen molar-refractivity contribution >= 4 is 11.8 Å². The second-order valence-corrected chi connectivity index (χ2v) is 8.42. The molecule has 2 aromatic heterocycles. The van der Waals surface area contributed by atoms with Gasteiger partial charge in [-0.05, 0) is 69.5 Å². The maximum atomic E-state index is 5.77. The average Bonchev–Trinajstić information content (AvgIpc) is 3.53. The molecule has 0 radical (unpaired) electrons. The first kappa shape index (κ1) is 21.7. The monoisotopic (exact) mass is 424 g/mol. The summed E-state index contributed by atoms with van der Waals surface area (Å²) in [6, 6.07) is 8.55. The normalized spacial score (nSPS) is 18.9. The Morgan fingerprint density at radius 3 is 2.55 bits per heavy atom. The highest BCUT2D eigenvalue weighted by Crippen LogP contribution is 2.24. The maximum Gasteiger partial charge on any atom is 0.191 e. The zero-order valence-electron chi connectivity index (χ0n) is 18.7. The van der Waals surface area contributed by atoms with E-state index in [1.54, 1.807) is 6.26 Å². The quantitative estimate of drug-likeness (QED) is 0.499. The zero-order valence-corrected chi connectivity index (χ0v) is 18.7. The van der Waals surface area contributed by atoms with Crippen LogP contribution in [0.15, 0.2) is 46.1 Å². The number of rotatable bonds is 8. The van der Waals surface area contributed by atoms with Crippen LogP contribution in [0.1, 0.15) is 56.4 Å². The van der Waals surface area contributed by atoms with Crippen molar-refractivity contribution in [1.29, 1.82) is 0 Å². The fraction of sp³-hybridized carbons (Fsp3) is 0.583. The largest absolute Gasteiger partial charge is 0.468 e. The van der Waals surface area contributed by atoms with Crippen molar-refractivity contribution in [2.45, 2.75) is 51.6 Å². The molecule has 0 spiro atoms. The highest BCUT2D eigenvalue weighted by Gasteiger charge is 2.24. The van der Waals surface area contributed by atoms with Crippen LogP contribution in [0.4, 0.5) is 5.82 Å². The number of nitrogens with one attached hydrogen (secondary N) is 2. The SMILES string of the molecule is CCNC(=NCc1ccc(N2CCCC2)nc1)NCC(c1ccco1)N1CCCCC1. The van der Waals surface area contributed by atoms with Gasteiger partial charge in [-0.2, -0.15) is 0 Å². The number of likely N-dealkylation sites (tertiary alicyclic amines) is 1. The minimum Gasteiger partial charge on any atom is -0.468 e. The Kier molecular flexibility index (Phi) is 7.82. The Balaban J connectivity index is 1.37. The lowest BCUT2D eigenvalue weighted by Crippen LogP contribution is -2.44. The first-order valence-electron chi connectivity index (χ1n) is 11.8. The van der Waals surface area contributed by atoms with E-state index in [1.165, 1.54) is 32.1 Å². The third kappa shape index (κ3) is 6.00. The number of nitrogens with zero attached hydrogens (tertiary/aromatic N) is 4. The fourth-order valence-corrected chi connectivity index (χ4v) is 4.47. The maximum absolute atomic E-state index is 5.77. The van der Waals surface area contributed by atoms with Crippen molar-refractivity contribution in [2.24, 2.45) is 4.99 Å². The Hall–Kier alpha value is -2.54. The molecule has 2 aliphatic rings. The number of pyridine rings is 1. The summed E-state index contributed by atoms with van der Waals surface area (Å²) in [7, 11) is 0. The van der Waals surface area contributed by atoms with Crippen molar-refractivity contribution in [3.63, 3.8) is 0 Å². The van der Waals surface area contributed by atoms with E-state index >= 15 is 0 Å². The average molecular weight is 425 g/mol. The number of hydrogen-bond acceptors (Lipinski definition) is 5. The highest BCUT2D eigenvalue weighted by atomic mass is 16.3. The third-order valence-electron chi connectivity index (χ3n) is 6.17. The van der Waals surface area contributed by atoms with Crippen LogP contribution in [0, 0.1) is 0 Å². The van der Waals surface area contributed by atoms with E-state index in [9.17, 15) is 0 Å². The topological polar surface area (TPSA) is 68.9 Å². The Labute approximate surface area is 185 Å². The Morgan fingerprint density at radius 2 is 1.87 bits per heavy atom. The van der Waals surface area contributed by atoms with E-state index in [2.05, 4.69) is 50.5 Å². The van der Waals surface area contributed by atoms with E-state index in [0.717, 1.165) is 62.4 Å². The Morgan fingerprint density at radius 1 is 1.06 bits per heavy atom. The summed E-state index contributed by atoms with van der Waals surface area (Å²) in [6.07, 6.45) is 10.1. The zero-order chi connectivity index (χ0) is 21.3. The summed E-state index contributed by atoms with van der Waals surface area (Å²) in [4.78, 5) is 14.3. The van der Waals surface area contributed by atoms with E-state index in [0.29, 0.717) is 6.54 Å². The number of aliphatic imine (C=N–C) groups is 1. The van der Waals surface area contributed by atoms with Crippen molar-refractivity contribution in [2.75, 3.05) is 44.2 Å². The van der Waals surface area contributed by atoms with Crippen LogP contribution in [0.25, 0.3) is 0 Å². The lowest BCUT2D eigenvalue weighted by atomic mass is 10.1. The fourth-order valence-electron chi connectivity index (χ4n) is 4.47. The van der Waals surface area contributed by atoms with Crippen LogP contribution in [0.5, 0.6) is 0 Å². The van der Waals surface area contributed by atoms with Gasteiger partial charge in [-0.3, -0.25) is 4.90 Å². The van der Waals surface area contributed by atoms with Gasteiger partial charge in [0.25, 0.3) is 0 Å². The molecule has 0 aromatic carbocycles. The molecule has 0 bridgehead atoms. The van der Waals surface area contributed by atoms with Gasteiger partial charge in [0.05, 0.1) is 18.8 Å². The van der Waals surface area contributed by atoms with Gasteiger partial charge in [-0.1, -0.05) is 12.5 Å². The van der Waals surface area contributed by atoms with Crippen molar-refractivity contribution in [3.8, 4) is 0 Å². The van der Waals surface area contributed by atoms with Crippen LogP contribution in [0.3, 0.4) is 0 Å². The number of anilines is 1. The molecule has 2 saturated heterocycles. The minimum atomic E-state index is 0.223. The second kappa shape index (κ2) is 11.2. The van der Waals surface area contributed by atoms with Gasteiger partial charge in [-0.25, -0.2) is 9.98 Å². The van der Waals surface area contributed by atoms with Crippen LogP contribution in [-0.4, -0.2) is 55.1 Å². The molecule has 168 valence electrons. The summed E-state index contributed by atoms with van der Waals surface area (Å²) >= 11 is 0. The molecule has 0 aliphatic carbocycles. The second-order valence-electron chi connectivity index (χ2n) is 8.42. The summed E-state index contributed by atoms with van der Waals surface area (Å²) in [5.74, 6) is 2.93. The highest BCUT2D eigenvalue weighted by molar-refractivity contribution is 5.79. The summed E-state index contributed by atoms with van der Waals surface area (Å²) in [5, 5.41) is 6.92. The predicted octanol–water partition coefficient (Wildman–Crippen LogP) is 3.56. The van der Waals surface area contributed by atoms with Gasteiger partial charge in [0.1, 0.15) is 11.6 Å². The molecule has 7 nitrogen and oxygen atoms in total. The lowest BCUT2D eigenvalue weighted by Gasteiger charge is -2.33. The molecule has 31 heavy (non-hydrogen) atoms. The number of guanidine groups is 1. The molecule has 2 N–H and O–H groups in total. The Bertz CT molecular complexity index is 792. The molecule has 1 unspecified atom stereocenters. The van der Waals surface area contributed by atoms with Gasteiger partial charge in [-0.15, -0.1) is 0 Å². The smallest absolute Gasteiger partial charge is 0.191 e. The van der Waals surface area contributed by atoms with E-state index in [4.69, 9.17) is 9.41 Å². The molecule has 0 saturated carbocycles. The first-order chi connectivity index (χ1) is 15.3. The number of hydrogen-bond donors (Lipinski definition) is 2. The van der Waals surface area contributed by atoms with Gasteiger partial charge >= 0.3 is 0 Å². The van der Waals surface area contributed by atoms with Gasteiger partial charge in [0.2, 0.25) is 0 Å². The third-order valence-corrected chi connectivity index (χ3v) is 6.17.